The van der Waals surface area contributed by atoms with Crippen LogP contribution >= 0.6 is 0 Å². The summed E-state index contributed by atoms with van der Waals surface area (Å²) in [5, 5.41) is 8.93. The topological polar surface area (TPSA) is 65.0 Å². The van der Waals surface area contributed by atoms with Crippen molar-refractivity contribution in [1.82, 2.24) is 0 Å². The number of carboxylic acids is 1. The summed E-state index contributed by atoms with van der Waals surface area (Å²) >= 11 is 0. The van der Waals surface area contributed by atoms with E-state index in [1.54, 1.807) is 36.4 Å². The minimum Gasteiger partial charge on any atom is -0.489 e. The Balaban J connectivity index is 1.70. The molecule has 0 atom stereocenters. The Morgan fingerprint density at radius 2 is 2.00 bits per heavy atom. The molecule has 20 heavy (non-hydrogen) atoms. The summed E-state index contributed by atoms with van der Waals surface area (Å²) in [7, 11) is 0. The first kappa shape index (κ1) is 12.3. The first-order valence-electron chi connectivity index (χ1n) is 6.07. The van der Waals surface area contributed by atoms with Crippen molar-refractivity contribution < 1.29 is 24.1 Å². The van der Waals surface area contributed by atoms with Gasteiger partial charge in [0.05, 0.1) is 5.56 Å². The van der Waals surface area contributed by atoms with Crippen molar-refractivity contribution in [2.75, 3.05) is 6.79 Å². The summed E-state index contributed by atoms with van der Waals surface area (Å²) in [6.45, 7) is 0.514. The quantitative estimate of drug-likeness (QED) is 0.927. The Hall–Kier alpha value is -2.69. The molecule has 2 aromatic carbocycles. The molecule has 0 aromatic heterocycles. The van der Waals surface area contributed by atoms with E-state index in [4.69, 9.17) is 19.3 Å². The lowest BCUT2D eigenvalue weighted by molar-refractivity contribution is 0.0696. The van der Waals surface area contributed by atoms with Crippen LogP contribution in [-0.2, 0) is 6.61 Å². The molecule has 0 bridgehead atoms. The fourth-order valence-corrected chi connectivity index (χ4v) is 1.93. The molecule has 0 spiro atoms. The standard InChI is InChI=1S/C15H12O5/c16-15(17)11-3-1-2-10(6-11)8-18-12-4-5-13-14(7-12)20-9-19-13/h1-7H,8-9H2,(H,16,17). The zero-order valence-electron chi connectivity index (χ0n) is 10.5. The molecule has 1 aliphatic rings. The monoisotopic (exact) mass is 272 g/mol. The fourth-order valence-electron chi connectivity index (χ4n) is 1.93. The van der Waals surface area contributed by atoms with Crippen LogP contribution in [0.25, 0.3) is 0 Å². The Morgan fingerprint density at radius 3 is 2.85 bits per heavy atom. The highest BCUT2D eigenvalue weighted by Crippen LogP contribution is 2.35. The van der Waals surface area contributed by atoms with Crippen molar-refractivity contribution in [1.29, 1.82) is 0 Å². The number of hydrogen-bond acceptors (Lipinski definition) is 4. The van der Waals surface area contributed by atoms with Gasteiger partial charge in [-0.05, 0) is 29.8 Å². The van der Waals surface area contributed by atoms with Gasteiger partial charge in [0.2, 0.25) is 6.79 Å². The average molecular weight is 272 g/mol. The number of hydrogen-bond donors (Lipinski definition) is 1. The lowest BCUT2D eigenvalue weighted by Crippen LogP contribution is -2.00. The van der Waals surface area contributed by atoms with Gasteiger partial charge in [0.1, 0.15) is 12.4 Å². The molecule has 2 aromatic rings. The third-order valence-electron chi connectivity index (χ3n) is 2.92. The largest absolute Gasteiger partial charge is 0.489 e. The Morgan fingerprint density at radius 1 is 1.15 bits per heavy atom. The molecule has 0 unspecified atom stereocenters. The molecule has 0 saturated carbocycles. The van der Waals surface area contributed by atoms with Crippen molar-refractivity contribution in [3.05, 3.63) is 53.6 Å². The number of aromatic carboxylic acids is 1. The SMILES string of the molecule is O=C(O)c1cccc(COc2ccc3c(c2)OCO3)c1. The van der Waals surface area contributed by atoms with Crippen LogP contribution in [0.3, 0.4) is 0 Å². The van der Waals surface area contributed by atoms with E-state index in [2.05, 4.69) is 0 Å². The normalized spacial score (nSPS) is 12.2. The van der Waals surface area contributed by atoms with Crippen LogP contribution in [-0.4, -0.2) is 17.9 Å². The first-order valence-corrected chi connectivity index (χ1v) is 6.07. The predicted octanol–water partition coefficient (Wildman–Crippen LogP) is 2.69. The van der Waals surface area contributed by atoms with Crippen LogP contribution in [0.4, 0.5) is 0 Å². The maximum Gasteiger partial charge on any atom is 0.335 e. The van der Waals surface area contributed by atoms with Crippen molar-refractivity contribution in [2.24, 2.45) is 0 Å². The van der Waals surface area contributed by atoms with Crippen molar-refractivity contribution in [3.63, 3.8) is 0 Å². The highest BCUT2D eigenvalue weighted by molar-refractivity contribution is 5.87. The molecule has 5 nitrogen and oxygen atoms in total. The number of fused-ring (bicyclic) bond motifs is 1. The van der Waals surface area contributed by atoms with E-state index in [1.165, 1.54) is 0 Å². The highest BCUT2D eigenvalue weighted by Gasteiger charge is 2.13. The van der Waals surface area contributed by atoms with E-state index in [1.807, 2.05) is 6.07 Å². The summed E-state index contributed by atoms with van der Waals surface area (Å²) in [6, 6.07) is 12.0. The molecule has 0 fully saturated rings. The second-order valence-electron chi connectivity index (χ2n) is 4.31. The zero-order chi connectivity index (χ0) is 13.9. The van der Waals surface area contributed by atoms with Gasteiger partial charge in [0.25, 0.3) is 0 Å². The third-order valence-corrected chi connectivity index (χ3v) is 2.92. The third kappa shape index (κ3) is 2.51. The number of carboxylic acid groups (broad SMARTS) is 1. The minimum absolute atomic E-state index is 0.222. The zero-order valence-corrected chi connectivity index (χ0v) is 10.5. The highest BCUT2D eigenvalue weighted by atomic mass is 16.7. The van der Waals surface area contributed by atoms with Crippen LogP contribution in [0.5, 0.6) is 17.2 Å². The summed E-state index contributed by atoms with van der Waals surface area (Å²) in [4.78, 5) is 10.9. The van der Waals surface area contributed by atoms with E-state index in [0.717, 1.165) is 5.56 Å². The average Bonchev–Trinajstić information content (AvgIpc) is 2.93. The molecular formula is C15H12O5. The molecule has 5 heteroatoms. The van der Waals surface area contributed by atoms with E-state index < -0.39 is 5.97 Å². The van der Waals surface area contributed by atoms with Gasteiger partial charge in [-0.3, -0.25) is 0 Å². The Bertz CT molecular complexity index is 650. The van der Waals surface area contributed by atoms with Crippen LogP contribution in [0.2, 0.25) is 0 Å². The fraction of sp³-hybridized carbons (Fsp3) is 0.133. The number of ether oxygens (including phenoxy) is 3. The van der Waals surface area contributed by atoms with Gasteiger partial charge < -0.3 is 19.3 Å². The minimum atomic E-state index is -0.949. The second-order valence-corrected chi connectivity index (χ2v) is 4.31. The predicted molar refractivity (Wildman–Crippen MR) is 70.3 cm³/mol. The summed E-state index contributed by atoms with van der Waals surface area (Å²) in [6.07, 6.45) is 0. The Kier molecular flexibility index (Phi) is 3.16. The molecule has 102 valence electrons. The smallest absolute Gasteiger partial charge is 0.335 e. The van der Waals surface area contributed by atoms with Crippen molar-refractivity contribution in [3.8, 4) is 17.2 Å². The van der Waals surface area contributed by atoms with Gasteiger partial charge in [0, 0.05) is 6.07 Å². The van der Waals surface area contributed by atoms with E-state index in [9.17, 15) is 4.79 Å². The van der Waals surface area contributed by atoms with E-state index in [-0.39, 0.29) is 12.4 Å². The number of carbonyl (C=O) groups is 1. The number of benzene rings is 2. The first-order chi connectivity index (χ1) is 9.72. The Labute approximate surface area is 115 Å². The van der Waals surface area contributed by atoms with Gasteiger partial charge in [-0.2, -0.15) is 0 Å². The maximum absolute atomic E-state index is 10.9. The molecular weight excluding hydrogens is 260 g/mol. The molecule has 0 amide bonds. The van der Waals surface area contributed by atoms with Crippen LogP contribution < -0.4 is 14.2 Å². The molecule has 0 saturated heterocycles. The second kappa shape index (κ2) is 5.13. The van der Waals surface area contributed by atoms with Gasteiger partial charge in [0.15, 0.2) is 11.5 Å². The molecule has 1 heterocycles. The van der Waals surface area contributed by atoms with E-state index in [0.29, 0.717) is 23.9 Å². The molecule has 1 aliphatic heterocycles. The van der Waals surface area contributed by atoms with E-state index >= 15 is 0 Å². The molecule has 0 aliphatic carbocycles. The van der Waals surface area contributed by atoms with Gasteiger partial charge in [-0.1, -0.05) is 12.1 Å². The van der Waals surface area contributed by atoms with Gasteiger partial charge in [-0.15, -0.1) is 0 Å². The van der Waals surface area contributed by atoms with Crippen LogP contribution in [0, 0.1) is 0 Å². The molecule has 1 N–H and O–H groups in total. The maximum atomic E-state index is 10.9. The number of rotatable bonds is 4. The van der Waals surface area contributed by atoms with Gasteiger partial charge in [-0.25, -0.2) is 4.79 Å². The van der Waals surface area contributed by atoms with Gasteiger partial charge >= 0.3 is 5.97 Å². The lowest BCUT2D eigenvalue weighted by atomic mass is 10.1. The summed E-state index contributed by atoms with van der Waals surface area (Å²) in [5.41, 5.74) is 1.04. The summed E-state index contributed by atoms with van der Waals surface area (Å²) in [5.74, 6) is 1.05. The molecule has 3 rings (SSSR count). The van der Waals surface area contributed by atoms with Crippen molar-refractivity contribution in [2.45, 2.75) is 6.61 Å². The molecule has 0 radical (unpaired) electrons. The van der Waals surface area contributed by atoms with Crippen LogP contribution in [0.1, 0.15) is 15.9 Å². The van der Waals surface area contributed by atoms with Crippen LogP contribution in [0.15, 0.2) is 42.5 Å². The summed E-state index contributed by atoms with van der Waals surface area (Å²) < 4.78 is 16.1. The van der Waals surface area contributed by atoms with Crippen molar-refractivity contribution >= 4 is 5.97 Å². The lowest BCUT2D eigenvalue weighted by Gasteiger charge is -2.07.